The zero-order chi connectivity index (χ0) is 14.0. The number of carbonyl (C=O) groups is 1. The van der Waals surface area contributed by atoms with Gasteiger partial charge in [0, 0.05) is 0 Å². The molecule has 0 atom stereocenters. The van der Waals surface area contributed by atoms with E-state index in [9.17, 15) is 9.90 Å². The zero-order valence-corrected chi connectivity index (χ0v) is 12.0. The molecule has 1 aliphatic rings. The molecule has 1 aliphatic carbocycles. The molecule has 104 valence electrons. The molecule has 1 N–H and O–H groups in total. The van der Waals surface area contributed by atoms with Crippen LogP contribution in [0.1, 0.15) is 48.8 Å². The molecule has 0 aliphatic heterocycles. The third-order valence-electron chi connectivity index (χ3n) is 3.95. The highest BCUT2D eigenvalue weighted by molar-refractivity contribution is 5.78. The van der Waals surface area contributed by atoms with Crippen molar-refractivity contribution in [1.29, 1.82) is 0 Å². The molecule has 0 bridgehead atoms. The number of rotatable bonds is 3. The Morgan fingerprint density at radius 2 is 1.63 bits per heavy atom. The Balaban J connectivity index is 2.35. The van der Waals surface area contributed by atoms with Gasteiger partial charge in [0.1, 0.15) is 5.75 Å². The van der Waals surface area contributed by atoms with E-state index in [0.29, 0.717) is 12.8 Å². The second kappa shape index (κ2) is 5.24. The van der Waals surface area contributed by atoms with Gasteiger partial charge in [0.05, 0.1) is 0 Å². The van der Waals surface area contributed by atoms with Crippen LogP contribution in [-0.2, 0) is 4.79 Å². The minimum Gasteiger partial charge on any atom is -0.478 e. The van der Waals surface area contributed by atoms with Crippen LogP contribution in [-0.4, -0.2) is 16.7 Å². The van der Waals surface area contributed by atoms with E-state index < -0.39 is 11.6 Å². The average molecular weight is 262 g/mol. The van der Waals surface area contributed by atoms with E-state index in [1.807, 2.05) is 32.9 Å². The van der Waals surface area contributed by atoms with E-state index in [1.165, 1.54) is 5.56 Å². The quantitative estimate of drug-likeness (QED) is 0.901. The van der Waals surface area contributed by atoms with Crippen LogP contribution in [0.5, 0.6) is 5.75 Å². The zero-order valence-electron chi connectivity index (χ0n) is 12.0. The molecule has 0 heterocycles. The van der Waals surface area contributed by atoms with Crippen LogP contribution in [0.15, 0.2) is 12.1 Å². The van der Waals surface area contributed by atoms with Gasteiger partial charge in [-0.05, 0) is 57.6 Å². The van der Waals surface area contributed by atoms with Gasteiger partial charge in [-0.2, -0.15) is 0 Å². The van der Waals surface area contributed by atoms with Crippen LogP contribution in [0.25, 0.3) is 0 Å². The van der Waals surface area contributed by atoms with Crippen molar-refractivity contribution in [2.45, 2.75) is 58.5 Å². The molecule has 0 aromatic heterocycles. The predicted molar refractivity (Wildman–Crippen MR) is 74.7 cm³/mol. The van der Waals surface area contributed by atoms with E-state index in [0.717, 1.165) is 36.1 Å². The number of aryl methyl sites for hydroxylation is 3. The Kier molecular flexibility index (Phi) is 3.83. The fourth-order valence-electron chi connectivity index (χ4n) is 3.01. The maximum absolute atomic E-state index is 11.6. The van der Waals surface area contributed by atoms with Gasteiger partial charge in [-0.1, -0.05) is 24.1 Å². The van der Waals surface area contributed by atoms with Crippen molar-refractivity contribution in [1.82, 2.24) is 0 Å². The van der Waals surface area contributed by atoms with Gasteiger partial charge in [0.25, 0.3) is 0 Å². The van der Waals surface area contributed by atoms with Crippen molar-refractivity contribution in [3.8, 4) is 5.75 Å². The monoisotopic (exact) mass is 262 g/mol. The first-order valence-corrected chi connectivity index (χ1v) is 6.95. The van der Waals surface area contributed by atoms with Crippen LogP contribution >= 0.6 is 0 Å². The normalized spacial score (nSPS) is 18.1. The highest BCUT2D eigenvalue weighted by Crippen LogP contribution is 2.36. The maximum atomic E-state index is 11.6. The highest BCUT2D eigenvalue weighted by atomic mass is 16.5. The summed E-state index contributed by atoms with van der Waals surface area (Å²) in [4.78, 5) is 11.6. The van der Waals surface area contributed by atoms with Crippen LogP contribution in [0.2, 0.25) is 0 Å². The first kappa shape index (κ1) is 13.9. The van der Waals surface area contributed by atoms with Crippen LogP contribution < -0.4 is 4.74 Å². The minimum absolute atomic E-state index is 0.606. The molecular weight excluding hydrogens is 240 g/mol. The molecule has 0 amide bonds. The number of aliphatic carboxylic acids is 1. The van der Waals surface area contributed by atoms with E-state index in [2.05, 4.69) is 0 Å². The second-order valence-electron chi connectivity index (χ2n) is 5.69. The largest absolute Gasteiger partial charge is 0.478 e. The summed E-state index contributed by atoms with van der Waals surface area (Å²) in [6.45, 7) is 6.00. The Morgan fingerprint density at radius 3 is 2.11 bits per heavy atom. The van der Waals surface area contributed by atoms with Gasteiger partial charge >= 0.3 is 5.97 Å². The maximum Gasteiger partial charge on any atom is 0.348 e. The van der Waals surface area contributed by atoms with Crippen molar-refractivity contribution < 1.29 is 14.6 Å². The molecule has 1 fully saturated rings. The summed E-state index contributed by atoms with van der Waals surface area (Å²) in [5, 5.41) is 9.56. The third kappa shape index (κ3) is 2.75. The van der Waals surface area contributed by atoms with Crippen LogP contribution in [0.4, 0.5) is 0 Å². The summed E-state index contributed by atoms with van der Waals surface area (Å²) in [5.74, 6) is -0.0820. The molecule has 1 saturated carbocycles. The molecule has 3 heteroatoms. The SMILES string of the molecule is Cc1cc(C)c(OC2(C(=O)O)CCCCC2)c(C)c1. The van der Waals surface area contributed by atoms with Crippen molar-refractivity contribution in [3.05, 3.63) is 28.8 Å². The number of hydrogen-bond acceptors (Lipinski definition) is 2. The predicted octanol–water partition coefficient (Wildman–Crippen LogP) is 3.78. The topological polar surface area (TPSA) is 46.5 Å². The van der Waals surface area contributed by atoms with Crippen molar-refractivity contribution in [3.63, 3.8) is 0 Å². The van der Waals surface area contributed by atoms with E-state index in [1.54, 1.807) is 0 Å². The standard InChI is InChI=1S/C16H22O3/c1-11-9-12(2)14(13(3)10-11)19-16(15(17)18)7-5-4-6-8-16/h9-10H,4-8H2,1-3H3,(H,17,18). The molecule has 0 saturated heterocycles. The fourth-order valence-corrected chi connectivity index (χ4v) is 3.01. The second-order valence-corrected chi connectivity index (χ2v) is 5.69. The first-order valence-electron chi connectivity index (χ1n) is 6.95. The lowest BCUT2D eigenvalue weighted by Crippen LogP contribution is -2.46. The summed E-state index contributed by atoms with van der Waals surface area (Å²) >= 11 is 0. The van der Waals surface area contributed by atoms with Gasteiger partial charge in [-0.25, -0.2) is 4.79 Å². The lowest BCUT2D eigenvalue weighted by molar-refractivity contribution is -0.158. The molecule has 0 spiro atoms. The van der Waals surface area contributed by atoms with Gasteiger partial charge in [0.15, 0.2) is 0 Å². The molecule has 2 rings (SSSR count). The van der Waals surface area contributed by atoms with Gasteiger partial charge < -0.3 is 9.84 Å². The Hall–Kier alpha value is -1.51. The number of hydrogen-bond donors (Lipinski definition) is 1. The van der Waals surface area contributed by atoms with Gasteiger partial charge in [0.2, 0.25) is 5.60 Å². The Labute approximate surface area is 114 Å². The smallest absolute Gasteiger partial charge is 0.348 e. The molecule has 1 aromatic rings. The Morgan fingerprint density at radius 1 is 1.11 bits per heavy atom. The number of carboxylic acids is 1. The van der Waals surface area contributed by atoms with Crippen LogP contribution in [0.3, 0.4) is 0 Å². The van der Waals surface area contributed by atoms with Crippen molar-refractivity contribution in [2.24, 2.45) is 0 Å². The molecular formula is C16H22O3. The fraction of sp³-hybridized carbons (Fsp3) is 0.562. The molecule has 0 radical (unpaired) electrons. The van der Waals surface area contributed by atoms with E-state index in [4.69, 9.17) is 4.74 Å². The molecule has 3 nitrogen and oxygen atoms in total. The van der Waals surface area contributed by atoms with E-state index in [-0.39, 0.29) is 0 Å². The Bertz CT molecular complexity index is 462. The summed E-state index contributed by atoms with van der Waals surface area (Å²) in [6, 6.07) is 4.08. The van der Waals surface area contributed by atoms with Crippen molar-refractivity contribution >= 4 is 5.97 Å². The van der Waals surface area contributed by atoms with Crippen molar-refractivity contribution in [2.75, 3.05) is 0 Å². The van der Waals surface area contributed by atoms with Gasteiger partial charge in [-0.3, -0.25) is 0 Å². The lowest BCUT2D eigenvalue weighted by Gasteiger charge is -2.34. The highest BCUT2D eigenvalue weighted by Gasteiger charge is 2.42. The average Bonchev–Trinajstić information content (AvgIpc) is 2.35. The summed E-state index contributed by atoms with van der Waals surface area (Å²) < 4.78 is 6.02. The molecule has 1 aromatic carbocycles. The number of ether oxygens (including phenoxy) is 1. The van der Waals surface area contributed by atoms with Crippen LogP contribution in [0, 0.1) is 20.8 Å². The minimum atomic E-state index is -1.02. The number of benzene rings is 1. The van der Waals surface area contributed by atoms with Gasteiger partial charge in [-0.15, -0.1) is 0 Å². The molecule has 0 unspecified atom stereocenters. The summed E-state index contributed by atoms with van der Waals surface area (Å²) in [5.41, 5.74) is 2.19. The van der Waals surface area contributed by atoms with E-state index >= 15 is 0 Å². The number of carboxylic acid groups (broad SMARTS) is 1. The summed E-state index contributed by atoms with van der Waals surface area (Å²) in [7, 11) is 0. The molecule has 19 heavy (non-hydrogen) atoms. The summed E-state index contributed by atoms with van der Waals surface area (Å²) in [6.07, 6.45) is 4.17. The third-order valence-corrected chi connectivity index (χ3v) is 3.95. The lowest BCUT2D eigenvalue weighted by atomic mass is 9.84. The first-order chi connectivity index (χ1) is 8.94.